The van der Waals surface area contributed by atoms with Crippen molar-refractivity contribution >= 4 is 97.4 Å². The highest BCUT2D eigenvalue weighted by Gasteiger charge is 2.24. The third-order valence-corrected chi connectivity index (χ3v) is 12.5. The Bertz CT molecular complexity index is 3430. The SMILES string of the molecule is c1ccc(C2N=C(c3cccc4c3sc3ccccc34)N=C(c3ccc4c(c3)oc3cccc(-c5ccc6c7ccccc7c7ccccc7c6c5)c34)N2)cc1. The summed E-state index contributed by atoms with van der Waals surface area (Å²) in [5.41, 5.74) is 7.04. The predicted octanol–water partition coefficient (Wildman–Crippen LogP) is 13.6. The van der Waals surface area contributed by atoms with Crippen molar-refractivity contribution in [3.05, 3.63) is 193 Å². The van der Waals surface area contributed by atoms with Gasteiger partial charge in [-0.05, 0) is 85.4 Å². The predicted molar refractivity (Wildman–Crippen MR) is 236 cm³/mol. The molecule has 1 unspecified atom stereocenters. The molecular formula is C51H31N3OS. The number of nitrogens with one attached hydrogen (secondary N) is 1. The van der Waals surface area contributed by atoms with E-state index in [1.165, 1.54) is 52.5 Å². The summed E-state index contributed by atoms with van der Waals surface area (Å²) in [6.45, 7) is 0. The lowest BCUT2D eigenvalue weighted by Gasteiger charge is -2.23. The lowest BCUT2D eigenvalue weighted by Crippen LogP contribution is -2.33. The molecule has 1 aliphatic heterocycles. The Morgan fingerprint density at radius 2 is 1.09 bits per heavy atom. The van der Waals surface area contributed by atoms with E-state index in [1.54, 1.807) is 11.3 Å². The molecule has 2 aromatic heterocycles. The average Bonchev–Trinajstić information content (AvgIpc) is 3.85. The minimum atomic E-state index is -0.303. The molecule has 1 atom stereocenters. The Hall–Kier alpha value is -7.08. The molecule has 11 aromatic rings. The maximum atomic E-state index is 6.66. The summed E-state index contributed by atoms with van der Waals surface area (Å²) in [7, 11) is 0. The molecule has 1 aliphatic rings. The van der Waals surface area contributed by atoms with E-state index < -0.39 is 0 Å². The van der Waals surface area contributed by atoms with E-state index in [-0.39, 0.29) is 6.17 Å². The number of rotatable bonds is 4. The lowest BCUT2D eigenvalue weighted by atomic mass is 9.91. The van der Waals surface area contributed by atoms with Gasteiger partial charge in [-0.25, -0.2) is 9.98 Å². The number of furan rings is 1. The van der Waals surface area contributed by atoms with Crippen LogP contribution >= 0.6 is 11.3 Å². The molecule has 5 heteroatoms. The number of hydrogen-bond acceptors (Lipinski definition) is 5. The van der Waals surface area contributed by atoms with Crippen molar-refractivity contribution in [2.75, 3.05) is 0 Å². The molecule has 0 aliphatic carbocycles. The molecular weight excluding hydrogens is 703 g/mol. The molecule has 9 aromatic carbocycles. The van der Waals surface area contributed by atoms with Crippen LogP contribution in [0.4, 0.5) is 0 Å². The molecule has 0 fully saturated rings. The summed E-state index contributed by atoms with van der Waals surface area (Å²) in [5.74, 6) is 1.48. The molecule has 262 valence electrons. The highest BCUT2D eigenvalue weighted by molar-refractivity contribution is 7.26. The van der Waals surface area contributed by atoms with Gasteiger partial charge in [-0.2, -0.15) is 0 Å². The first-order chi connectivity index (χ1) is 27.7. The minimum absolute atomic E-state index is 0.303. The molecule has 56 heavy (non-hydrogen) atoms. The molecule has 0 bridgehead atoms. The molecule has 1 N–H and O–H groups in total. The zero-order valence-corrected chi connectivity index (χ0v) is 30.8. The number of nitrogens with zero attached hydrogens (tertiary/aromatic N) is 2. The summed E-state index contributed by atoms with van der Waals surface area (Å²) in [4.78, 5) is 10.5. The van der Waals surface area contributed by atoms with Gasteiger partial charge in [0.1, 0.15) is 23.2 Å². The van der Waals surface area contributed by atoms with Crippen LogP contribution in [0.2, 0.25) is 0 Å². The van der Waals surface area contributed by atoms with Crippen molar-refractivity contribution in [3.63, 3.8) is 0 Å². The normalized spacial score (nSPS) is 14.6. The summed E-state index contributed by atoms with van der Waals surface area (Å²) in [5, 5.41) is 15.9. The Kier molecular flexibility index (Phi) is 6.83. The van der Waals surface area contributed by atoms with Gasteiger partial charge in [0.15, 0.2) is 5.84 Å². The standard InChI is InChI=1S/C51H31N3OS/c1-2-12-30(13-3-1)49-52-50(54-51(53-49)42-21-10-20-40-39-18-8-9-23-46(39)56-48(40)42)32-25-27-41-45(29-32)55-44-22-11-19-33(47(41)44)31-24-26-38-36-16-5-4-14-34(36)35-15-6-7-17-37(35)43(38)28-31/h1-29,49H,(H,52,53,54). The van der Waals surface area contributed by atoms with Crippen LogP contribution in [-0.4, -0.2) is 11.7 Å². The average molecular weight is 734 g/mol. The Labute approximate surface area is 325 Å². The van der Waals surface area contributed by atoms with Crippen molar-refractivity contribution in [2.24, 2.45) is 9.98 Å². The van der Waals surface area contributed by atoms with Gasteiger partial charge >= 0.3 is 0 Å². The second-order valence-electron chi connectivity index (χ2n) is 14.5. The van der Waals surface area contributed by atoms with Gasteiger partial charge in [-0.3, -0.25) is 0 Å². The van der Waals surface area contributed by atoms with Crippen molar-refractivity contribution in [1.29, 1.82) is 0 Å². The number of benzene rings is 9. The number of thiophene rings is 1. The van der Waals surface area contributed by atoms with Gasteiger partial charge in [-0.1, -0.05) is 140 Å². The van der Waals surface area contributed by atoms with Gasteiger partial charge < -0.3 is 9.73 Å². The Morgan fingerprint density at radius 3 is 1.89 bits per heavy atom. The van der Waals surface area contributed by atoms with E-state index in [9.17, 15) is 0 Å². The third-order valence-electron chi connectivity index (χ3n) is 11.3. The first-order valence-electron chi connectivity index (χ1n) is 18.9. The van der Waals surface area contributed by atoms with E-state index in [0.29, 0.717) is 5.84 Å². The van der Waals surface area contributed by atoms with Gasteiger partial charge in [-0.15, -0.1) is 11.3 Å². The van der Waals surface area contributed by atoms with Crippen molar-refractivity contribution in [1.82, 2.24) is 5.32 Å². The zero-order valence-electron chi connectivity index (χ0n) is 30.0. The van der Waals surface area contributed by atoms with Crippen LogP contribution in [0.25, 0.3) is 85.6 Å². The fourth-order valence-corrected chi connectivity index (χ4v) is 9.95. The van der Waals surface area contributed by atoms with Crippen LogP contribution in [-0.2, 0) is 0 Å². The summed E-state index contributed by atoms with van der Waals surface area (Å²) in [6.07, 6.45) is -0.303. The fourth-order valence-electron chi connectivity index (χ4n) is 8.73. The highest BCUT2D eigenvalue weighted by atomic mass is 32.1. The highest BCUT2D eigenvalue weighted by Crippen LogP contribution is 2.42. The van der Waals surface area contributed by atoms with Gasteiger partial charge in [0.25, 0.3) is 0 Å². The largest absolute Gasteiger partial charge is 0.456 e. The number of hydrogen-bond donors (Lipinski definition) is 1. The van der Waals surface area contributed by atoms with Crippen LogP contribution in [0, 0.1) is 0 Å². The molecule has 0 amide bonds. The lowest BCUT2D eigenvalue weighted by molar-refractivity contribution is 0.666. The van der Waals surface area contributed by atoms with E-state index in [0.717, 1.165) is 55.6 Å². The molecule has 4 nitrogen and oxygen atoms in total. The molecule has 12 rings (SSSR count). The monoisotopic (exact) mass is 733 g/mol. The van der Waals surface area contributed by atoms with E-state index in [2.05, 4.69) is 175 Å². The summed E-state index contributed by atoms with van der Waals surface area (Å²) in [6, 6.07) is 62.6. The Balaban J connectivity index is 1.00. The van der Waals surface area contributed by atoms with Crippen molar-refractivity contribution in [2.45, 2.75) is 6.17 Å². The summed E-state index contributed by atoms with van der Waals surface area (Å²) >= 11 is 1.80. The fraction of sp³-hybridized carbons (Fsp3) is 0.0196. The van der Waals surface area contributed by atoms with E-state index in [4.69, 9.17) is 14.4 Å². The Morgan fingerprint density at radius 1 is 0.464 bits per heavy atom. The molecule has 0 radical (unpaired) electrons. The minimum Gasteiger partial charge on any atom is -0.456 e. The van der Waals surface area contributed by atoms with Crippen LogP contribution in [0.15, 0.2) is 190 Å². The molecule has 0 saturated carbocycles. The topological polar surface area (TPSA) is 49.9 Å². The van der Waals surface area contributed by atoms with Crippen LogP contribution < -0.4 is 5.32 Å². The van der Waals surface area contributed by atoms with Crippen molar-refractivity contribution < 1.29 is 4.42 Å². The van der Waals surface area contributed by atoms with Gasteiger partial charge in [0.2, 0.25) is 0 Å². The second kappa shape index (κ2) is 12.2. The molecule has 0 spiro atoms. The van der Waals surface area contributed by atoms with Crippen LogP contribution in [0.5, 0.6) is 0 Å². The first-order valence-corrected chi connectivity index (χ1v) is 19.7. The zero-order chi connectivity index (χ0) is 36.7. The van der Waals surface area contributed by atoms with Crippen LogP contribution in [0.1, 0.15) is 22.9 Å². The van der Waals surface area contributed by atoms with E-state index in [1.807, 2.05) is 6.07 Å². The maximum Gasteiger partial charge on any atom is 0.160 e. The van der Waals surface area contributed by atoms with Crippen molar-refractivity contribution in [3.8, 4) is 11.1 Å². The quantitative estimate of drug-likeness (QED) is 0.183. The number of fused-ring (bicyclic) bond motifs is 12. The molecule has 0 saturated heterocycles. The third kappa shape index (κ3) is 4.78. The maximum absolute atomic E-state index is 6.66. The smallest absolute Gasteiger partial charge is 0.160 e. The van der Waals surface area contributed by atoms with Gasteiger partial charge in [0.05, 0.1) is 0 Å². The first kappa shape index (κ1) is 31.3. The molecule has 3 heterocycles. The summed E-state index contributed by atoms with van der Waals surface area (Å²) < 4.78 is 9.12. The second-order valence-corrected chi connectivity index (χ2v) is 15.5. The van der Waals surface area contributed by atoms with Crippen LogP contribution in [0.3, 0.4) is 0 Å². The number of amidine groups is 2. The number of aliphatic imine (C=N–C) groups is 2. The van der Waals surface area contributed by atoms with E-state index >= 15 is 0 Å². The van der Waals surface area contributed by atoms with Gasteiger partial charge in [0, 0.05) is 42.1 Å².